The second-order valence-corrected chi connectivity index (χ2v) is 5.79. The van der Waals surface area contributed by atoms with E-state index in [-0.39, 0.29) is 0 Å². The van der Waals surface area contributed by atoms with E-state index >= 15 is 0 Å². The third-order valence-electron chi connectivity index (χ3n) is 4.04. The summed E-state index contributed by atoms with van der Waals surface area (Å²) in [5.74, 6) is 2.55. The maximum Gasteiger partial charge on any atom is 0.135 e. The molecule has 0 radical (unpaired) electrons. The Morgan fingerprint density at radius 1 is 1.22 bits per heavy atom. The minimum Gasteiger partial charge on any atom is -0.354 e. The van der Waals surface area contributed by atoms with Crippen LogP contribution in [0.5, 0.6) is 0 Å². The molecule has 4 heteroatoms. The Labute approximate surface area is 114 Å². The number of hydrogen-bond acceptors (Lipinski definition) is 3. The number of aromatic nitrogens is 2. The molecule has 0 amide bonds. The molecule has 0 aromatic carbocycles. The van der Waals surface area contributed by atoms with Gasteiger partial charge in [0.1, 0.15) is 16.8 Å². The predicted octanol–water partition coefficient (Wildman–Crippen LogP) is 3.78. The van der Waals surface area contributed by atoms with Gasteiger partial charge in [-0.1, -0.05) is 24.4 Å². The van der Waals surface area contributed by atoms with Crippen molar-refractivity contribution in [2.24, 2.45) is 0 Å². The SMILES string of the molecule is CCN(c1cc(Cl)nc(C2CC2)n1)C1CCCC1. The first-order valence-electron chi connectivity index (χ1n) is 7.09. The van der Waals surface area contributed by atoms with Gasteiger partial charge in [0.05, 0.1) is 0 Å². The molecule has 0 unspecified atom stereocenters. The second kappa shape index (κ2) is 5.04. The molecular formula is C14H20ClN3. The molecule has 0 bridgehead atoms. The van der Waals surface area contributed by atoms with Gasteiger partial charge in [-0.3, -0.25) is 0 Å². The van der Waals surface area contributed by atoms with Gasteiger partial charge in [0.25, 0.3) is 0 Å². The first kappa shape index (κ1) is 12.2. The maximum atomic E-state index is 6.15. The molecule has 0 saturated heterocycles. The summed E-state index contributed by atoms with van der Waals surface area (Å²) in [6.07, 6.45) is 7.69. The average molecular weight is 266 g/mol. The summed E-state index contributed by atoms with van der Waals surface area (Å²) >= 11 is 6.15. The molecule has 1 aromatic heterocycles. The van der Waals surface area contributed by atoms with Crippen molar-refractivity contribution in [1.29, 1.82) is 0 Å². The van der Waals surface area contributed by atoms with Crippen molar-refractivity contribution in [2.75, 3.05) is 11.4 Å². The van der Waals surface area contributed by atoms with Gasteiger partial charge in [0, 0.05) is 24.6 Å². The van der Waals surface area contributed by atoms with Crippen LogP contribution in [0.2, 0.25) is 5.15 Å². The molecule has 3 rings (SSSR count). The first-order chi connectivity index (χ1) is 8.78. The summed E-state index contributed by atoms with van der Waals surface area (Å²) < 4.78 is 0. The fraction of sp³-hybridized carbons (Fsp3) is 0.714. The molecular weight excluding hydrogens is 246 g/mol. The minimum absolute atomic E-state index is 0.560. The van der Waals surface area contributed by atoms with Gasteiger partial charge in [0.2, 0.25) is 0 Å². The summed E-state index contributed by atoms with van der Waals surface area (Å²) in [7, 11) is 0. The molecule has 0 aliphatic heterocycles. The van der Waals surface area contributed by atoms with Gasteiger partial charge in [-0.2, -0.15) is 0 Å². The van der Waals surface area contributed by atoms with Gasteiger partial charge in [-0.05, 0) is 32.6 Å². The van der Waals surface area contributed by atoms with Crippen LogP contribution in [0.3, 0.4) is 0 Å². The van der Waals surface area contributed by atoms with Crippen molar-refractivity contribution in [3.8, 4) is 0 Å². The quantitative estimate of drug-likeness (QED) is 0.776. The Balaban J connectivity index is 1.88. The number of rotatable bonds is 4. The van der Waals surface area contributed by atoms with E-state index in [2.05, 4.69) is 16.8 Å². The van der Waals surface area contributed by atoms with E-state index in [4.69, 9.17) is 16.6 Å². The molecule has 1 aromatic rings. The summed E-state index contributed by atoms with van der Waals surface area (Å²) in [5.41, 5.74) is 0. The highest BCUT2D eigenvalue weighted by atomic mass is 35.5. The van der Waals surface area contributed by atoms with Crippen molar-refractivity contribution in [3.05, 3.63) is 17.0 Å². The van der Waals surface area contributed by atoms with Crippen molar-refractivity contribution in [3.63, 3.8) is 0 Å². The predicted molar refractivity (Wildman–Crippen MR) is 74.3 cm³/mol. The molecule has 0 N–H and O–H groups in total. The van der Waals surface area contributed by atoms with Gasteiger partial charge in [-0.25, -0.2) is 9.97 Å². The highest BCUT2D eigenvalue weighted by Crippen LogP contribution is 2.39. The van der Waals surface area contributed by atoms with E-state index < -0.39 is 0 Å². The van der Waals surface area contributed by atoms with Gasteiger partial charge >= 0.3 is 0 Å². The molecule has 2 aliphatic rings. The lowest BCUT2D eigenvalue weighted by Gasteiger charge is -2.29. The summed E-state index contributed by atoms with van der Waals surface area (Å²) in [4.78, 5) is 11.5. The Kier molecular flexibility index (Phi) is 3.42. The third-order valence-corrected chi connectivity index (χ3v) is 4.24. The zero-order valence-electron chi connectivity index (χ0n) is 10.9. The van der Waals surface area contributed by atoms with Gasteiger partial charge in [-0.15, -0.1) is 0 Å². The fourth-order valence-electron chi connectivity index (χ4n) is 2.92. The van der Waals surface area contributed by atoms with Crippen LogP contribution in [-0.2, 0) is 0 Å². The number of anilines is 1. The number of nitrogens with zero attached hydrogens (tertiary/aromatic N) is 3. The Morgan fingerprint density at radius 3 is 2.56 bits per heavy atom. The monoisotopic (exact) mass is 265 g/mol. The van der Waals surface area contributed by atoms with E-state index in [1.54, 1.807) is 0 Å². The lowest BCUT2D eigenvalue weighted by molar-refractivity contribution is 0.610. The zero-order valence-corrected chi connectivity index (χ0v) is 11.7. The molecule has 1 heterocycles. The second-order valence-electron chi connectivity index (χ2n) is 5.41. The van der Waals surface area contributed by atoms with Crippen LogP contribution in [0.4, 0.5) is 5.82 Å². The van der Waals surface area contributed by atoms with Crippen molar-refractivity contribution in [2.45, 2.75) is 57.4 Å². The first-order valence-corrected chi connectivity index (χ1v) is 7.47. The largest absolute Gasteiger partial charge is 0.354 e. The Hall–Kier alpha value is -0.830. The summed E-state index contributed by atoms with van der Waals surface area (Å²) in [6.45, 7) is 3.20. The fourth-order valence-corrected chi connectivity index (χ4v) is 3.10. The molecule has 98 valence electrons. The van der Waals surface area contributed by atoms with E-state index in [9.17, 15) is 0 Å². The molecule has 0 atom stereocenters. The summed E-state index contributed by atoms with van der Waals surface area (Å²) in [5, 5.41) is 0.596. The molecule has 3 nitrogen and oxygen atoms in total. The molecule has 18 heavy (non-hydrogen) atoms. The highest BCUT2D eigenvalue weighted by Gasteiger charge is 2.29. The topological polar surface area (TPSA) is 29.0 Å². The van der Waals surface area contributed by atoms with E-state index in [0.717, 1.165) is 18.2 Å². The zero-order chi connectivity index (χ0) is 12.5. The van der Waals surface area contributed by atoms with E-state index in [0.29, 0.717) is 17.1 Å². The van der Waals surface area contributed by atoms with Crippen LogP contribution in [0, 0.1) is 0 Å². The number of halogens is 1. The lowest BCUT2D eigenvalue weighted by atomic mass is 10.2. The highest BCUT2D eigenvalue weighted by molar-refractivity contribution is 6.29. The average Bonchev–Trinajstić information content (AvgIpc) is 3.08. The molecule has 2 fully saturated rings. The van der Waals surface area contributed by atoms with Crippen LogP contribution in [0.1, 0.15) is 57.2 Å². The molecule has 2 saturated carbocycles. The van der Waals surface area contributed by atoms with Gasteiger partial charge < -0.3 is 4.90 Å². The number of hydrogen-bond donors (Lipinski definition) is 0. The third kappa shape index (κ3) is 2.46. The standard InChI is InChI=1S/C14H20ClN3/c1-2-18(11-5-3-4-6-11)13-9-12(15)16-14(17-13)10-7-8-10/h9-11H,2-8H2,1H3. The van der Waals surface area contributed by atoms with Crippen LogP contribution in [0.15, 0.2) is 6.07 Å². The van der Waals surface area contributed by atoms with Crippen LogP contribution in [-0.4, -0.2) is 22.6 Å². The lowest BCUT2D eigenvalue weighted by Crippen LogP contribution is -2.33. The van der Waals surface area contributed by atoms with Crippen LogP contribution < -0.4 is 4.90 Å². The summed E-state index contributed by atoms with van der Waals surface area (Å²) in [6, 6.07) is 2.57. The molecule has 2 aliphatic carbocycles. The smallest absolute Gasteiger partial charge is 0.135 e. The van der Waals surface area contributed by atoms with Crippen molar-refractivity contribution >= 4 is 17.4 Å². The van der Waals surface area contributed by atoms with Crippen molar-refractivity contribution < 1.29 is 0 Å². The normalized spacial score (nSPS) is 20.3. The van der Waals surface area contributed by atoms with Crippen LogP contribution >= 0.6 is 11.6 Å². The van der Waals surface area contributed by atoms with Crippen LogP contribution in [0.25, 0.3) is 0 Å². The minimum atomic E-state index is 0.560. The Morgan fingerprint density at radius 2 is 1.94 bits per heavy atom. The Bertz CT molecular complexity index is 425. The van der Waals surface area contributed by atoms with E-state index in [1.165, 1.54) is 38.5 Å². The van der Waals surface area contributed by atoms with E-state index in [1.807, 2.05) is 6.07 Å². The van der Waals surface area contributed by atoms with Gasteiger partial charge in [0.15, 0.2) is 0 Å². The van der Waals surface area contributed by atoms with Crippen molar-refractivity contribution in [1.82, 2.24) is 9.97 Å². The molecule has 0 spiro atoms. The maximum absolute atomic E-state index is 6.15.